The van der Waals surface area contributed by atoms with Gasteiger partial charge in [-0.05, 0) is 38.0 Å². The van der Waals surface area contributed by atoms with Gasteiger partial charge in [0, 0.05) is 17.2 Å². The average Bonchev–Trinajstić information content (AvgIpc) is 3.00. The minimum absolute atomic E-state index is 0.433. The zero-order valence-electron chi connectivity index (χ0n) is 14.1. The maximum absolute atomic E-state index is 9.37. The van der Waals surface area contributed by atoms with Crippen molar-refractivity contribution in [2.75, 3.05) is 14.2 Å². The van der Waals surface area contributed by atoms with Crippen molar-refractivity contribution in [2.45, 2.75) is 19.6 Å². The van der Waals surface area contributed by atoms with E-state index in [0.29, 0.717) is 11.7 Å². The number of aromatic nitrogens is 3. The molecule has 0 aliphatic heterocycles. The molecule has 3 rings (SSSR count). The molecule has 0 atom stereocenters. The van der Waals surface area contributed by atoms with Gasteiger partial charge in [-0.15, -0.1) is 0 Å². The highest BCUT2D eigenvalue weighted by Gasteiger charge is 2.22. The maximum Gasteiger partial charge on any atom is 0.402 e. The molecule has 0 aliphatic rings. The van der Waals surface area contributed by atoms with Crippen LogP contribution in [0.25, 0.3) is 17.0 Å². The molecule has 7 heteroatoms. The number of ether oxygens (including phenoxy) is 2. The molecule has 2 aromatic heterocycles. The summed E-state index contributed by atoms with van der Waals surface area (Å²) in [7, 11) is 3.29. The van der Waals surface area contributed by atoms with Gasteiger partial charge in [0.05, 0.1) is 26.2 Å². The number of pyridine rings is 1. The number of hydrogen-bond acceptors (Lipinski definition) is 5. The second kappa shape index (κ2) is 6.70. The normalized spacial score (nSPS) is 11.0. The molecule has 3 aromatic rings. The summed E-state index contributed by atoms with van der Waals surface area (Å²) >= 11 is 0.778. The molecule has 2 N–H and O–H groups in total. The number of nitrogens with zero attached hydrogens (tertiary/aromatic N) is 2. The molecule has 24 heavy (non-hydrogen) atoms. The lowest BCUT2D eigenvalue weighted by Gasteiger charge is -2.14. The van der Waals surface area contributed by atoms with Crippen molar-refractivity contribution in [2.24, 2.45) is 0 Å². The molecule has 6 nitrogen and oxygen atoms in total. The SMILES string of the molecule is COc1ccc2nc(-[n+]3cc(C)c(OC)c(C)c3CSO)[nH]c2c1. The summed E-state index contributed by atoms with van der Waals surface area (Å²) in [5.74, 6) is 2.73. The van der Waals surface area contributed by atoms with Gasteiger partial charge in [0.1, 0.15) is 22.7 Å². The minimum Gasteiger partial charge on any atom is -0.497 e. The lowest BCUT2D eigenvalue weighted by molar-refractivity contribution is -0.611. The summed E-state index contributed by atoms with van der Waals surface area (Å²) < 4.78 is 22.1. The van der Waals surface area contributed by atoms with Crippen LogP contribution in [-0.2, 0) is 5.75 Å². The molecule has 0 amide bonds. The van der Waals surface area contributed by atoms with E-state index in [0.717, 1.165) is 51.4 Å². The zero-order valence-corrected chi connectivity index (χ0v) is 14.9. The Balaban J connectivity index is 2.21. The third-order valence-electron chi connectivity index (χ3n) is 4.06. The molecule has 0 bridgehead atoms. The van der Waals surface area contributed by atoms with Crippen LogP contribution in [0.2, 0.25) is 0 Å². The zero-order chi connectivity index (χ0) is 17.3. The van der Waals surface area contributed by atoms with E-state index in [-0.39, 0.29) is 0 Å². The first-order chi connectivity index (χ1) is 11.6. The number of aromatic amines is 1. The standard InChI is InChI=1S/C17H19N3O3S/c1-10-8-20(15(9-24-21)11(2)16(10)23-4)17-18-13-6-5-12(22-3)7-14(13)19-17/h5-8H,9H2,1-4H3,(H-,18,19,21)/p+1. The lowest BCUT2D eigenvalue weighted by atomic mass is 10.1. The molecular formula is C17H20N3O3S+. The second-order valence-corrected chi connectivity index (χ2v) is 6.05. The summed E-state index contributed by atoms with van der Waals surface area (Å²) in [6.45, 7) is 3.98. The van der Waals surface area contributed by atoms with E-state index in [4.69, 9.17) is 9.47 Å². The first-order valence-electron chi connectivity index (χ1n) is 7.48. The van der Waals surface area contributed by atoms with Crippen LogP contribution in [0.4, 0.5) is 0 Å². The molecule has 0 fully saturated rings. The Morgan fingerprint density at radius 2 is 2.04 bits per heavy atom. The van der Waals surface area contributed by atoms with Gasteiger partial charge in [-0.2, -0.15) is 0 Å². The van der Waals surface area contributed by atoms with Crippen molar-refractivity contribution in [1.29, 1.82) is 0 Å². The molecule has 0 unspecified atom stereocenters. The quantitative estimate of drug-likeness (QED) is 0.548. The van der Waals surface area contributed by atoms with Crippen molar-refractivity contribution < 1.29 is 18.6 Å². The lowest BCUT2D eigenvalue weighted by Crippen LogP contribution is -2.38. The molecule has 0 radical (unpaired) electrons. The molecular weight excluding hydrogens is 326 g/mol. The van der Waals surface area contributed by atoms with Gasteiger partial charge in [-0.3, -0.25) is 0 Å². The van der Waals surface area contributed by atoms with Crippen LogP contribution in [0.3, 0.4) is 0 Å². The van der Waals surface area contributed by atoms with Crippen LogP contribution in [0.15, 0.2) is 24.4 Å². The molecule has 126 valence electrons. The van der Waals surface area contributed by atoms with E-state index in [1.54, 1.807) is 14.2 Å². The fourth-order valence-electron chi connectivity index (χ4n) is 2.90. The number of nitrogens with one attached hydrogen (secondary N) is 1. The molecule has 0 spiro atoms. The van der Waals surface area contributed by atoms with Crippen molar-refractivity contribution in [1.82, 2.24) is 9.97 Å². The number of H-pyrrole nitrogens is 1. The van der Waals surface area contributed by atoms with Crippen LogP contribution in [0, 0.1) is 13.8 Å². The Hall–Kier alpha value is -2.25. The van der Waals surface area contributed by atoms with Gasteiger partial charge >= 0.3 is 5.95 Å². The van der Waals surface area contributed by atoms with Crippen LogP contribution in [-0.4, -0.2) is 28.7 Å². The fraction of sp³-hybridized carbons (Fsp3) is 0.294. The Kier molecular flexibility index (Phi) is 4.64. The van der Waals surface area contributed by atoms with E-state index in [2.05, 4.69) is 9.97 Å². The summed E-state index contributed by atoms with van der Waals surface area (Å²) in [6, 6.07) is 5.71. The Labute approximate surface area is 144 Å². The Morgan fingerprint density at radius 1 is 1.25 bits per heavy atom. The molecule has 0 saturated carbocycles. The summed E-state index contributed by atoms with van der Waals surface area (Å²) in [4.78, 5) is 7.98. The van der Waals surface area contributed by atoms with Crippen LogP contribution >= 0.6 is 12.0 Å². The Bertz CT molecular complexity index is 892. The van der Waals surface area contributed by atoms with E-state index >= 15 is 0 Å². The highest BCUT2D eigenvalue weighted by molar-refractivity contribution is 7.92. The predicted octanol–water partition coefficient (Wildman–Crippen LogP) is 3.18. The average molecular weight is 346 g/mol. The van der Waals surface area contributed by atoms with Gasteiger partial charge < -0.3 is 14.0 Å². The maximum atomic E-state index is 9.37. The van der Waals surface area contributed by atoms with Gasteiger partial charge in [0.15, 0.2) is 5.52 Å². The molecule has 0 aliphatic carbocycles. The van der Waals surface area contributed by atoms with Crippen LogP contribution < -0.4 is 14.0 Å². The molecule has 0 saturated heterocycles. The van der Waals surface area contributed by atoms with E-state index in [1.807, 2.05) is 42.8 Å². The highest BCUT2D eigenvalue weighted by Crippen LogP contribution is 2.26. The first-order valence-corrected chi connectivity index (χ1v) is 8.42. The largest absolute Gasteiger partial charge is 0.497 e. The van der Waals surface area contributed by atoms with Gasteiger partial charge in [-0.25, -0.2) is 9.55 Å². The third kappa shape index (κ3) is 2.81. The summed E-state index contributed by atoms with van der Waals surface area (Å²) in [5, 5.41) is 0. The highest BCUT2D eigenvalue weighted by atomic mass is 32.2. The minimum atomic E-state index is 0.433. The number of fused-ring (bicyclic) bond motifs is 1. The number of rotatable bonds is 5. The number of benzene rings is 1. The predicted molar refractivity (Wildman–Crippen MR) is 94.1 cm³/mol. The fourth-order valence-corrected chi connectivity index (χ4v) is 3.37. The third-order valence-corrected chi connectivity index (χ3v) is 4.46. The Morgan fingerprint density at radius 3 is 2.71 bits per heavy atom. The van der Waals surface area contributed by atoms with E-state index in [1.165, 1.54) is 0 Å². The summed E-state index contributed by atoms with van der Waals surface area (Å²) in [6.07, 6.45) is 1.96. The number of imidazole rings is 1. The van der Waals surface area contributed by atoms with E-state index < -0.39 is 0 Å². The number of methoxy groups -OCH3 is 2. The monoisotopic (exact) mass is 346 g/mol. The summed E-state index contributed by atoms with van der Waals surface area (Å²) in [5.41, 5.74) is 4.66. The van der Waals surface area contributed by atoms with Gasteiger partial charge in [-0.1, -0.05) is 4.98 Å². The van der Waals surface area contributed by atoms with Gasteiger partial charge in [0.25, 0.3) is 0 Å². The van der Waals surface area contributed by atoms with Crippen LogP contribution in [0.1, 0.15) is 16.8 Å². The first kappa shape index (κ1) is 16.6. The topological polar surface area (TPSA) is 71.2 Å². The smallest absolute Gasteiger partial charge is 0.402 e. The number of aryl methyl sites for hydroxylation is 1. The van der Waals surface area contributed by atoms with Crippen molar-refractivity contribution in [3.05, 3.63) is 41.2 Å². The van der Waals surface area contributed by atoms with Crippen molar-refractivity contribution >= 4 is 23.1 Å². The van der Waals surface area contributed by atoms with Crippen LogP contribution in [0.5, 0.6) is 11.5 Å². The number of hydrogen-bond donors (Lipinski definition) is 2. The second-order valence-electron chi connectivity index (χ2n) is 5.50. The van der Waals surface area contributed by atoms with Crippen molar-refractivity contribution in [3.8, 4) is 17.4 Å². The van der Waals surface area contributed by atoms with Gasteiger partial charge in [0.2, 0.25) is 0 Å². The molecule has 2 heterocycles. The molecule has 1 aromatic carbocycles. The van der Waals surface area contributed by atoms with Crippen molar-refractivity contribution in [3.63, 3.8) is 0 Å². The van der Waals surface area contributed by atoms with E-state index in [9.17, 15) is 4.55 Å².